The predicted octanol–water partition coefficient (Wildman–Crippen LogP) is 2.23. The summed E-state index contributed by atoms with van der Waals surface area (Å²) in [7, 11) is 0. The minimum Gasteiger partial charge on any atom is -0.482 e. The van der Waals surface area contributed by atoms with Gasteiger partial charge >= 0.3 is 0 Å². The van der Waals surface area contributed by atoms with Crippen LogP contribution in [-0.2, 0) is 4.79 Å². The van der Waals surface area contributed by atoms with E-state index < -0.39 is 0 Å². The highest BCUT2D eigenvalue weighted by atomic mass is 16.5. The van der Waals surface area contributed by atoms with Crippen molar-refractivity contribution in [2.75, 3.05) is 30.4 Å². The van der Waals surface area contributed by atoms with Crippen molar-refractivity contribution < 1.29 is 14.6 Å². The van der Waals surface area contributed by atoms with Crippen molar-refractivity contribution in [1.29, 1.82) is 0 Å². The van der Waals surface area contributed by atoms with Crippen LogP contribution in [0.4, 0.5) is 11.4 Å². The smallest absolute Gasteiger partial charge is 0.262 e. The topological polar surface area (TPSA) is 70.6 Å². The van der Waals surface area contributed by atoms with Crippen LogP contribution < -0.4 is 15.4 Å². The van der Waals surface area contributed by atoms with Crippen LogP contribution >= 0.6 is 0 Å². The monoisotopic (exact) mass is 278 g/mol. The van der Waals surface area contributed by atoms with Crippen LogP contribution in [0.3, 0.4) is 0 Å². The second-order valence-corrected chi connectivity index (χ2v) is 5.27. The number of hydrogen-bond acceptors (Lipinski definition) is 4. The largest absolute Gasteiger partial charge is 0.482 e. The van der Waals surface area contributed by atoms with Gasteiger partial charge in [0.05, 0.1) is 12.3 Å². The standard InChI is InChI=1S/C15H22N2O3/c1-3-15(4-2,10-18)9-16-11-5-6-13-12(7-11)17-14(19)8-20-13/h5-7,16,18H,3-4,8-10H2,1-2H3,(H,17,19). The molecule has 1 aromatic rings. The lowest BCUT2D eigenvalue weighted by Crippen LogP contribution is -2.32. The maximum atomic E-state index is 11.3. The average molecular weight is 278 g/mol. The summed E-state index contributed by atoms with van der Waals surface area (Å²) in [4.78, 5) is 11.3. The van der Waals surface area contributed by atoms with Crippen molar-refractivity contribution in [2.45, 2.75) is 26.7 Å². The van der Waals surface area contributed by atoms with Crippen LogP contribution in [0.1, 0.15) is 26.7 Å². The summed E-state index contributed by atoms with van der Waals surface area (Å²) in [6.07, 6.45) is 1.83. The van der Waals surface area contributed by atoms with Crippen LogP contribution in [0.25, 0.3) is 0 Å². The number of fused-ring (bicyclic) bond motifs is 1. The lowest BCUT2D eigenvalue weighted by molar-refractivity contribution is -0.118. The number of hydrogen-bond donors (Lipinski definition) is 3. The zero-order valence-corrected chi connectivity index (χ0v) is 12.0. The third-order valence-corrected chi connectivity index (χ3v) is 4.12. The summed E-state index contributed by atoms with van der Waals surface area (Å²) in [6, 6.07) is 5.62. The minimum atomic E-state index is -0.138. The maximum Gasteiger partial charge on any atom is 0.262 e. The van der Waals surface area contributed by atoms with Gasteiger partial charge in [0.25, 0.3) is 5.91 Å². The van der Waals surface area contributed by atoms with E-state index in [1.807, 2.05) is 18.2 Å². The van der Waals surface area contributed by atoms with Gasteiger partial charge in [-0.1, -0.05) is 13.8 Å². The molecule has 0 saturated heterocycles. The van der Waals surface area contributed by atoms with Gasteiger partial charge in [0.2, 0.25) is 0 Å². The molecule has 1 aliphatic rings. The van der Waals surface area contributed by atoms with Crippen molar-refractivity contribution in [2.24, 2.45) is 5.41 Å². The van der Waals surface area contributed by atoms with Gasteiger partial charge in [-0.05, 0) is 31.0 Å². The number of benzene rings is 1. The van der Waals surface area contributed by atoms with E-state index in [4.69, 9.17) is 4.74 Å². The maximum absolute atomic E-state index is 11.3. The summed E-state index contributed by atoms with van der Waals surface area (Å²) >= 11 is 0. The molecule has 0 aromatic heterocycles. The quantitative estimate of drug-likeness (QED) is 0.746. The van der Waals surface area contributed by atoms with Gasteiger partial charge in [-0.25, -0.2) is 0 Å². The number of aliphatic hydroxyl groups is 1. The van der Waals surface area contributed by atoms with Crippen LogP contribution in [0.15, 0.2) is 18.2 Å². The molecule has 1 amide bonds. The third-order valence-electron chi connectivity index (χ3n) is 4.12. The summed E-state index contributed by atoms with van der Waals surface area (Å²) < 4.78 is 5.32. The number of carbonyl (C=O) groups excluding carboxylic acids is 1. The molecule has 3 N–H and O–H groups in total. The van der Waals surface area contributed by atoms with Crippen molar-refractivity contribution in [1.82, 2.24) is 0 Å². The summed E-state index contributed by atoms with van der Waals surface area (Å²) in [5.74, 6) is 0.552. The van der Waals surface area contributed by atoms with Gasteiger partial charge in [-0.15, -0.1) is 0 Å². The van der Waals surface area contributed by atoms with Gasteiger partial charge in [0.1, 0.15) is 5.75 Å². The number of carbonyl (C=O) groups is 1. The Labute approximate surface area is 119 Å². The normalized spacial score (nSPS) is 14.2. The van der Waals surface area contributed by atoms with E-state index in [0.717, 1.165) is 18.5 Å². The Hall–Kier alpha value is -1.75. The first-order chi connectivity index (χ1) is 9.62. The molecule has 5 heteroatoms. The van der Waals surface area contributed by atoms with Crippen molar-refractivity contribution >= 4 is 17.3 Å². The van der Waals surface area contributed by atoms with Gasteiger partial charge in [-0.3, -0.25) is 4.79 Å². The Morgan fingerprint density at radius 2 is 2.15 bits per heavy atom. The van der Waals surface area contributed by atoms with Gasteiger partial charge in [0.15, 0.2) is 6.61 Å². The molecule has 0 saturated carbocycles. The second kappa shape index (κ2) is 6.13. The number of ether oxygens (including phenoxy) is 1. The summed E-state index contributed by atoms with van der Waals surface area (Å²) in [6.45, 7) is 5.10. The van der Waals surface area contributed by atoms with Crippen LogP contribution in [0.5, 0.6) is 5.75 Å². The minimum absolute atomic E-state index is 0.0685. The first kappa shape index (κ1) is 14.7. The molecular formula is C15H22N2O3. The van der Waals surface area contributed by atoms with Crippen molar-refractivity contribution in [3.8, 4) is 5.75 Å². The fourth-order valence-corrected chi connectivity index (χ4v) is 2.26. The van der Waals surface area contributed by atoms with E-state index in [9.17, 15) is 9.90 Å². The average Bonchev–Trinajstić information content (AvgIpc) is 2.49. The molecule has 0 aliphatic carbocycles. The first-order valence-corrected chi connectivity index (χ1v) is 7.04. The number of rotatable bonds is 6. The fourth-order valence-electron chi connectivity index (χ4n) is 2.26. The highest BCUT2D eigenvalue weighted by Crippen LogP contribution is 2.32. The number of nitrogens with one attached hydrogen (secondary N) is 2. The van der Waals surface area contributed by atoms with E-state index in [-0.39, 0.29) is 24.5 Å². The molecule has 0 bridgehead atoms. The van der Waals surface area contributed by atoms with Crippen LogP contribution in [0.2, 0.25) is 0 Å². The number of amides is 1. The van der Waals surface area contributed by atoms with E-state index >= 15 is 0 Å². The van der Waals surface area contributed by atoms with Crippen molar-refractivity contribution in [3.05, 3.63) is 18.2 Å². The molecule has 2 rings (SSSR count). The third kappa shape index (κ3) is 3.04. The molecule has 5 nitrogen and oxygen atoms in total. The van der Waals surface area contributed by atoms with Gasteiger partial charge < -0.3 is 20.5 Å². The molecule has 1 heterocycles. The molecule has 0 radical (unpaired) electrons. The van der Waals surface area contributed by atoms with E-state index in [1.165, 1.54) is 0 Å². The Balaban J connectivity index is 2.07. The highest BCUT2D eigenvalue weighted by molar-refractivity contribution is 5.96. The first-order valence-electron chi connectivity index (χ1n) is 7.04. The highest BCUT2D eigenvalue weighted by Gasteiger charge is 2.25. The zero-order chi connectivity index (χ0) is 14.6. The summed E-state index contributed by atoms with van der Waals surface area (Å²) in [5.41, 5.74) is 1.50. The molecular weight excluding hydrogens is 256 g/mol. The molecule has 0 unspecified atom stereocenters. The molecule has 0 spiro atoms. The Kier molecular flexibility index (Phi) is 4.49. The van der Waals surface area contributed by atoms with Crippen molar-refractivity contribution in [3.63, 3.8) is 0 Å². The van der Waals surface area contributed by atoms with Crippen LogP contribution in [0, 0.1) is 5.41 Å². The molecule has 20 heavy (non-hydrogen) atoms. The number of anilines is 2. The van der Waals surface area contributed by atoms with E-state index in [2.05, 4.69) is 24.5 Å². The Bertz CT molecular complexity index is 476. The second-order valence-electron chi connectivity index (χ2n) is 5.27. The van der Waals surface area contributed by atoms with Gasteiger partial charge in [0, 0.05) is 17.6 Å². The van der Waals surface area contributed by atoms with E-state index in [1.54, 1.807) is 0 Å². The predicted molar refractivity (Wildman–Crippen MR) is 79.2 cm³/mol. The molecule has 1 aromatic carbocycles. The fraction of sp³-hybridized carbons (Fsp3) is 0.533. The SMILES string of the molecule is CCC(CC)(CO)CNc1ccc2c(c1)NC(=O)CO2. The Morgan fingerprint density at radius 3 is 2.80 bits per heavy atom. The molecule has 110 valence electrons. The lowest BCUT2D eigenvalue weighted by Gasteiger charge is -2.30. The molecule has 0 atom stereocenters. The lowest BCUT2D eigenvalue weighted by atomic mass is 9.83. The summed E-state index contributed by atoms with van der Waals surface area (Å²) in [5, 5.41) is 15.7. The van der Waals surface area contributed by atoms with Crippen LogP contribution in [-0.4, -0.2) is 30.8 Å². The van der Waals surface area contributed by atoms with E-state index in [0.29, 0.717) is 18.0 Å². The Morgan fingerprint density at radius 1 is 1.40 bits per heavy atom. The number of aliphatic hydroxyl groups excluding tert-OH is 1. The van der Waals surface area contributed by atoms with Gasteiger partial charge in [-0.2, -0.15) is 0 Å². The molecule has 1 aliphatic heterocycles. The molecule has 0 fully saturated rings. The zero-order valence-electron chi connectivity index (χ0n) is 12.0.